The van der Waals surface area contributed by atoms with Gasteiger partial charge in [-0.3, -0.25) is 0 Å². The molecule has 2 heteroatoms. The van der Waals surface area contributed by atoms with E-state index in [1.54, 1.807) is 11.4 Å². The summed E-state index contributed by atoms with van der Waals surface area (Å²) in [5, 5.41) is 0. The smallest absolute Gasteiger partial charge is 0.104 e. The molecule has 0 N–H and O–H groups in total. The van der Waals surface area contributed by atoms with Crippen molar-refractivity contribution in [2.45, 2.75) is 87.5 Å². The SMILES string of the molecule is CC(C)C1=C(C(C)C)N(C(C)C)C(C(C)C)N1C(C)C. The highest BCUT2D eigenvalue weighted by atomic mass is 15.4. The third kappa shape index (κ3) is 2.99. The topological polar surface area (TPSA) is 6.48 Å². The summed E-state index contributed by atoms with van der Waals surface area (Å²) in [5.41, 5.74) is 3.14. The maximum atomic E-state index is 2.69. The first-order valence-electron chi connectivity index (χ1n) is 8.41. The van der Waals surface area contributed by atoms with Crippen LogP contribution in [0.1, 0.15) is 69.2 Å². The van der Waals surface area contributed by atoms with Crippen LogP contribution in [0.4, 0.5) is 0 Å². The Morgan fingerprint density at radius 3 is 1.05 bits per heavy atom. The Kier molecular flexibility index (Phi) is 5.57. The van der Waals surface area contributed by atoms with Crippen molar-refractivity contribution in [3.05, 3.63) is 11.4 Å². The summed E-state index contributed by atoms with van der Waals surface area (Å²) in [6.45, 7) is 23.4. The van der Waals surface area contributed by atoms with Gasteiger partial charge in [-0.1, -0.05) is 41.5 Å². The molecule has 0 saturated heterocycles. The van der Waals surface area contributed by atoms with Crippen molar-refractivity contribution in [1.29, 1.82) is 0 Å². The van der Waals surface area contributed by atoms with Gasteiger partial charge in [-0.15, -0.1) is 0 Å². The molecular formula is C18H36N2. The highest BCUT2D eigenvalue weighted by Gasteiger charge is 2.43. The first-order valence-corrected chi connectivity index (χ1v) is 8.41. The molecule has 1 rings (SSSR count). The molecule has 0 unspecified atom stereocenters. The van der Waals surface area contributed by atoms with Gasteiger partial charge < -0.3 is 9.80 Å². The summed E-state index contributed by atoms with van der Waals surface area (Å²) in [7, 11) is 0. The van der Waals surface area contributed by atoms with Gasteiger partial charge in [0.2, 0.25) is 0 Å². The fourth-order valence-corrected chi connectivity index (χ4v) is 3.68. The summed E-state index contributed by atoms with van der Waals surface area (Å²) in [5.74, 6) is 1.80. The Bertz CT molecular complexity index is 320. The van der Waals surface area contributed by atoms with E-state index < -0.39 is 0 Å². The van der Waals surface area contributed by atoms with Crippen LogP contribution in [-0.2, 0) is 0 Å². The van der Waals surface area contributed by atoms with Crippen molar-refractivity contribution in [2.75, 3.05) is 0 Å². The maximum Gasteiger partial charge on any atom is 0.104 e. The average Bonchev–Trinajstić information content (AvgIpc) is 2.64. The van der Waals surface area contributed by atoms with Crippen molar-refractivity contribution in [1.82, 2.24) is 9.80 Å². The van der Waals surface area contributed by atoms with E-state index in [2.05, 4.69) is 79.0 Å². The molecule has 20 heavy (non-hydrogen) atoms. The van der Waals surface area contributed by atoms with E-state index in [0.717, 1.165) is 0 Å². The lowest BCUT2D eigenvalue weighted by Gasteiger charge is -2.42. The number of hydrogen-bond donors (Lipinski definition) is 0. The molecule has 0 aromatic rings. The van der Waals surface area contributed by atoms with Crippen molar-refractivity contribution in [3.63, 3.8) is 0 Å². The molecule has 0 bridgehead atoms. The number of nitrogens with zero attached hydrogens (tertiary/aromatic N) is 2. The highest BCUT2D eigenvalue weighted by molar-refractivity contribution is 5.25. The van der Waals surface area contributed by atoms with E-state index in [1.165, 1.54) is 0 Å². The second-order valence-corrected chi connectivity index (χ2v) is 7.74. The van der Waals surface area contributed by atoms with Crippen LogP contribution in [0.5, 0.6) is 0 Å². The van der Waals surface area contributed by atoms with Gasteiger partial charge in [0.05, 0.1) is 0 Å². The number of hydrogen-bond acceptors (Lipinski definition) is 2. The monoisotopic (exact) mass is 280 g/mol. The van der Waals surface area contributed by atoms with Crippen molar-refractivity contribution < 1.29 is 0 Å². The van der Waals surface area contributed by atoms with Crippen LogP contribution >= 0.6 is 0 Å². The van der Waals surface area contributed by atoms with Gasteiger partial charge in [-0.05, 0) is 45.4 Å². The minimum atomic E-state index is 0.504. The zero-order valence-corrected chi connectivity index (χ0v) is 15.4. The van der Waals surface area contributed by atoms with E-state index in [-0.39, 0.29) is 0 Å². The molecule has 0 fully saturated rings. The van der Waals surface area contributed by atoms with E-state index in [4.69, 9.17) is 0 Å². The van der Waals surface area contributed by atoms with E-state index in [9.17, 15) is 0 Å². The van der Waals surface area contributed by atoms with Crippen LogP contribution in [0.25, 0.3) is 0 Å². The number of rotatable bonds is 5. The van der Waals surface area contributed by atoms with Gasteiger partial charge in [0, 0.05) is 23.5 Å². The molecule has 0 atom stereocenters. The molecule has 1 aliphatic rings. The maximum absolute atomic E-state index is 2.69. The molecule has 0 amide bonds. The van der Waals surface area contributed by atoms with Crippen molar-refractivity contribution >= 4 is 0 Å². The molecule has 0 saturated carbocycles. The molecular weight excluding hydrogens is 244 g/mol. The minimum Gasteiger partial charge on any atom is -0.350 e. The molecule has 0 radical (unpaired) electrons. The number of allylic oxidation sites excluding steroid dienone is 2. The molecule has 0 aliphatic carbocycles. The zero-order chi connectivity index (χ0) is 15.8. The Labute approximate surface area is 127 Å². The van der Waals surface area contributed by atoms with Crippen LogP contribution in [0, 0.1) is 17.8 Å². The molecule has 118 valence electrons. The van der Waals surface area contributed by atoms with Gasteiger partial charge >= 0.3 is 0 Å². The van der Waals surface area contributed by atoms with Gasteiger partial charge in [0.25, 0.3) is 0 Å². The summed E-state index contributed by atoms with van der Waals surface area (Å²) >= 11 is 0. The highest BCUT2D eigenvalue weighted by Crippen LogP contribution is 2.42. The summed E-state index contributed by atoms with van der Waals surface area (Å²) < 4.78 is 0. The van der Waals surface area contributed by atoms with Gasteiger partial charge in [-0.2, -0.15) is 0 Å². The third-order valence-corrected chi connectivity index (χ3v) is 4.19. The second kappa shape index (κ2) is 6.41. The van der Waals surface area contributed by atoms with Gasteiger partial charge in [-0.25, -0.2) is 0 Å². The van der Waals surface area contributed by atoms with Crippen molar-refractivity contribution in [3.8, 4) is 0 Å². The second-order valence-electron chi connectivity index (χ2n) is 7.74. The van der Waals surface area contributed by atoms with Crippen LogP contribution in [0.2, 0.25) is 0 Å². The molecule has 1 heterocycles. The van der Waals surface area contributed by atoms with Crippen molar-refractivity contribution in [2.24, 2.45) is 17.8 Å². The normalized spacial score (nSPS) is 18.1. The third-order valence-electron chi connectivity index (χ3n) is 4.19. The lowest BCUT2D eigenvalue weighted by molar-refractivity contribution is 0.0473. The average molecular weight is 281 g/mol. The van der Waals surface area contributed by atoms with E-state index in [1.807, 2.05) is 0 Å². The summed E-state index contributed by atoms with van der Waals surface area (Å²) in [6, 6.07) is 1.11. The Morgan fingerprint density at radius 2 is 0.900 bits per heavy atom. The Morgan fingerprint density at radius 1 is 0.600 bits per heavy atom. The molecule has 0 aromatic heterocycles. The quantitative estimate of drug-likeness (QED) is 0.705. The van der Waals surface area contributed by atoms with Crippen LogP contribution in [-0.4, -0.2) is 28.0 Å². The Hall–Kier alpha value is -0.660. The zero-order valence-electron chi connectivity index (χ0n) is 15.4. The fraction of sp³-hybridized carbons (Fsp3) is 0.889. The standard InChI is InChI=1S/C18H36N2/c1-11(2)16-17(12(3)4)20(15(9)10)18(13(5)6)19(16)14(7)8/h11-15,18H,1-10H3. The predicted octanol–water partition coefficient (Wildman–Crippen LogP) is 4.93. The van der Waals surface area contributed by atoms with Crippen LogP contribution in [0.15, 0.2) is 11.4 Å². The molecule has 2 nitrogen and oxygen atoms in total. The fourth-order valence-electron chi connectivity index (χ4n) is 3.68. The summed E-state index contributed by atoms with van der Waals surface area (Å²) in [4.78, 5) is 5.37. The van der Waals surface area contributed by atoms with Crippen LogP contribution < -0.4 is 0 Å². The first-order chi connectivity index (χ1) is 9.11. The Balaban J connectivity index is 3.47. The minimum absolute atomic E-state index is 0.504. The lowest BCUT2D eigenvalue weighted by atomic mass is 10.00. The predicted molar refractivity (Wildman–Crippen MR) is 89.3 cm³/mol. The summed E-state index contributed by atoms with van der Waals surface area (Å²) in [6.07, 6.45) is 0.504. The molecule has 1 aliphatic heterocycles. The largest absolute Gasteiger partial charge is 0.350 e. The lowest BCUT2D eigenvalue weighted by Crippen LogP contribution is -2.49. The molecule has 0 aromatic carbocycles. The first kappa shape index (κ1) is 17.4. The van der Waals surface area contributed by atoms with Gasteiger partial charge in [0.15, 0.2) is 0 Å². The van der Waals surface area contributed by atoms with E-state index in [0.29, 0.717) is 36.0 Å². The van der Waals surface area contributed by atoms with E-state index >= 15 is 0 Å². The molecule has 0 spiro atoms. The van der Waals surface area contributed by atoms with Gasteiger partial charge in [0.1, 0.15) is 6.17 Å². The van der Waals surface area contributed by atoms with Crippen LogP contribution in [0.3, 0.4) is 0 Å².